The summed E-state index contributed by atoms with van der Waals surface area (Å²) in [5.74, 6) is 0.752. The van der Waals surface area contributed by atoms with E-state index in [1.54, 1.807) is 10.9 Å². The summed E-state index contributed by atoms with van der Waals surface area (Å²) in [7, 11) is 0. The Hall–Kier alpha value is -3.16. The predicted molar refractivity (Wildman–Crippen MR) is 102 cm³/mol. The molecule has 0 radical (unpaired) electrons. The van der Waals surface area contributed by atoms with Crippen molar-refractivity contribution in [1.29, 1.82) is 0 Å². The predicted octanol–water partition coefficient (Wildman–Crippen LogP) is 1.76. The second kappa shape index (κ2) is 7.61. The van der Waals surface area contributed by atoms with Gasteiger partial charge in [-0.05, 0) is 37.6 Å². The molecule has 8 nitrogen and oxygen atoms in total. The number of carbonyl (C=O) groups excluding carboxylic acids is 1. The van der Waals surface area contributed by atoms with Crippen molar-refractivity contribution in [2.24, 2.45) is 0 Å². The molecule has 0 saturated carbocycles. The smallest absolute Gasteiger partial charge is 0.225 e. The van der Waals surface area contributed by atoms with Crippen LogP contribution in [-0.4, -0.2) is 49.8 Å². The third-order valence-electron chi connectivity index (χ3n) is 4.69. The van der Waals surface area contributed by atoms with E-state index in [0.717, 1.165) is 36.6 Å². The molecule has 1 amide bonds. The lowest BCUT2D eigenvalue weighted by Crippen LogP contribution is -2.37. The van der Waals surface area contributed by atoms with Gasteiger partial charge >= 0.3 is 0 Å². The zero-order valence-electron chi connectivity index (χ0n) is 15.3. The highest BCUT2D eigenvalue weighted by molar-refractivity contribution is 5.76. The molecule has 3 aromatic rings. The third kappa shape index (κ3) is 4.16. The van der Waals surface area contributed by atoms with Gasteiger partial charge in [0.1, 0.15) is 0 Å². The lowest BCUT2D eigenvalue weighted by atomic mass is 10.2. The van der Waals surface area contributed by atoms with Gasteiger partial charge in [0.15, 0.2) is 0 Å². The minimum Gasteiger partial charge on any atom is -0.360 e. The average Bonchev–Trinajstić information content (AvgIpc) is 3.42. The molecule has 27 heavy (non-hydrogen) atoms. The van der Waals surface area contributed by atoms with Gasteiger partial charge in [-0.3, -0.25) is 9.48 Å². The molecule has 1 fully saturated rings. The first-order chi connectivity index (χ1) is 13.2. The summed E-state index contributed by atoms with van der Waals surface area (Å²) in [5, 5.41) is 7.42. The highest BCUT2D eigenvalue weighted by Gasteiger charge is 2.25. The number of anilines is 1. The Kier molecular flexibility index (Phi) is 4.86. The third-order valence-corrected chi connectivity index (χ3v) is 4.69. The quantitative estimate of drug-likeness (QED) is 0.694. The van der Waals surface area contributed by atoms with E-state index >= 15 is 0 Å². The number of carbonyl (C=O) groups is 1. The number of amides is 1. The highest BCUT2D eigenvalue weighted by atomic mass is 16.1. The molecule has 4 heterocycles. The maximum atomic E-state index is 12.2. The van der Waals surface area contributed by atoms with Crippen LogP contribution in [0, 0.1) is 6.92 Å². The molecule has 140 valence electrons. The normalized spacial score (nSPS) is 16.6. The second-order valence-corrected chi connectivity index (χ2v) is 6.79. The van der Waals surface area contributed by atoms with Crippen molar-refractivity contribution in [2.45, 2.75) is 32.4 Å². The first-order valence-electron chi connectivity index (χ1n) is 9.18. The van der Waals surface area contributed by atoms with E-state index in [-0.39, 0.29) is 11.9 Å². The van der Waals surface area contributed by atoms with E-state index in [2.05, 4.69) is 30.3 Å². The van der Waals surface area contributed by atoms with E-state index in [1.807, 2.05) is 43.6 Å². The van der Waals surface area contributed by atoms with Crippen molar-refractivity contribution in [3.8, 4) is 11.4 Å². The molecule has 2 N–H and O–H groups in total. The molecule has 3 aromatic heterocycles. The van der Waals surface area contributed by atoms with Crippen molar-refractivity contribution in [2.75, 3.05) is 18.0 Å². The van der Waals surface area contributed by atoms with E-state index in [4.69, 9.17) is 0 Å². The summed E-state index contributed by atoms with van der Waals surface area (Å²) < 4.78 is 1.80. The number of aromatic amines is 1. The fourth-order valence-corrected chi connectivity index (χ4v) is 3.30. The number of hydrogen-bond donors (Lipinski definition) is 2. The van der Waals surface area contributed by atoms with Gasteiger partial charge in [0.2, 0.25) is 11.9 Å². The summed E-state index contributed by atoms with van der Waals surface area (Å²) >= 11 is 0. The lowest BCUT2D eigenvalue weighted by Gasteiger charge is -2.17. The molecule has 1 saturated heterocycles. The van der Waals surface area contributed by atoms with Crippen molar-refractivity contribution >= 4 is 11.9 Å². The minimum atomic E-state index is 0.0519. The van der Waals surface area contributed by atoms with E-state index in [9.17, 15) is 4.79 Å². The van der Waals surface area contributed by atoms with Crippen LogP contribution >= 0.6 is 0 Å². The molecule has 1 aliphatic heterocycles. The summed E-state index contributed by atoms with van der Waals surface area (Å²) in [6.07, 6.45) is 6.87. The zero-order chi connectivity index (χ0) is 18.6. The van der Waals surface area contributed by atoms with Gasteiger partial charge in [-0.1, -0.05) is 0 Å². The van der Waals surface area contributed by atoms with Crippen LogP contribution in [0.3, 0.4) is 0 Å². The Bertz CT molecular complexity index is 902. The van der Waals surface area contributed by atoms with Crippen LogP contribution in [0.2, 0.25) is 0 Å². The van der Waals surface area contributed by atoms with Crippen molar-refractivity contribution in [3.05, 3.63) is 48.5 Å². The molecule has 0 aliphatic carbocycles. The molecule has 0 bridgehead atoms. The van der Waals surface area contributed by atoms with Gasteiger partial charge in [-0.15, -0.1) is 0 Å². The minimum absolute atomic E-state index is 0.0519. The maximum Gasteiger partial charge on any atom is 0.225 e. The molecule has 0 aromatic carbocycles. The molecular weight excluding hydrogens is 342 g/mol. The maximum absolute atomic E-state index is 12.2. The number of H-pyrrole nitrogens is 1. The standard InChI is InChI=1S/C19H23N7O/c1-14-5-11-26(24-14)12-7-18(27)22-15-6-10-25(13-15)19-21-9-4-17(23-19)16-3-2-8-20-16/h2-5,8-9,11,15,20H,6-7,10,12-13H2,1H3,(H,22,27). The van der Waals surface area contributed by atoms with Gasteiger partial charge in [0.25, 0.3) is 0 Å². The fraction of sp³-hybridized carbons (Fsp3) is 0.368. The Morgan fingerprint density at radius 3 is 3.07 bits per heavy atom. The zero-order valence-corrected chi connectivity index (χ0v) is 15.3. The van der Waals surface area contributed by atoms with Crippen LogP contribution in [0.25, 0.3) is 11.4 Å². The van der Waals surface area contributed by atoms with E-state index < -0.39 is 0 Å². The molecule has 1 aliphatic rings. The number of nitrogens with one attached hydrogen (secondary N) is 2. The fourth-order valence-electron chi connectivity index (χ4n) is 3.30. The number of aryl methyl sites for hydroxylation is 2. The van der Waals surface area contributed by atoms with Crippen LogP contribution in [0.1, 0.15) is 18.5 Å². The van der Waals surface area contributed by atoms with Crippen molar-refractivity contribution in [1.82, 2.24) is 30.0 Å². The van der Waals surface area contributed by atoms with Crippen LogP contribution < -0.4 is 10.2 Å². The molecule has 1 unspecified atom stereocenters. The van der Waals surface area contributed by atoms with E-state index in [0.29, 0.717) is 18.9 Å². The molecule has 1 atom stereocenters. The first kappa shape index (κ1) is 17.3. The van der Waals surface area contributed by atoms with Crippen LogP contribution in [0.15, 0.2) is 42.9 Å². The SMILES string of the molecule is Cc1ccn(CCC(=O)NC2CCN(c3nccc(-c4ccc[nH]4)n3)C2)n1. The van der Waals surface area contributed by atoms with Gasteiger partial charge in [0.05, 0.1) is 17.1 Å². The van der Waals surface area contributed by atoms with Crippen molar-refractivity contribution < 1.29 is 4.79 Å². The summed E-state index contributed by atoms with van der Waals surface area (Å²) in [5.41, 5.74) is 2.80. The monoisotopic (exact) mass is 365 g/mol. The average molecular weight is 365 g/mol. The Labute approximate surface area is 157 Å². The highest BCUT2D eigenvalue weighted by Crippen LogP contribution is 2.20. The van der Waals surface area contributed by atoms with Crippen LogP contribution in [0.4, 0.5) is 5.95 Å². The van der Waals surface area contributed by atoms with Crippen LogP contribution in [0.5, 0.6) is 0 Å². The molecule has 0 spiro atoms. The van der Waals surface area contributed by atoms with Gasteiger partial charge < -0.3 is 15.2 Å². The molecule has 4 rings (SSSR count). The molecular formula is C19H23N7O. The summed E-state index contributed by atoms with van der Waals surface area (Å²) in [6.45, 7) is 4.09. The number of aromatic nitrogens is 5. The summed E-state index contributed by atoms with van der Waals surface area (Å²) in [4.78, 5) is 26.6. The number of nitrogens with zero attached hydrogens (tertiary/aromatic N) is 5. The second-order valence-electron chi connectivity index (χ2n) is 6.79. The van der Waals surface area contributed by atoms with Crippen molar-refractivity contribution in [3.63, 3.8) is 0 Å². The summed E-state index contributed by atoms with van der Waals surface area (Å²) in [6, 6.07) is 7.88. The Morgan fingerprint density at radius 1 is 1.37 bits per heavy atom. The Morgan fingerprint density at radius 2 is 2.30 bits per heavy atom. The number of rotatable bonds is 6. The van der Waals surface area contributed by atoms with E-state index in [1.165, 1.54) is 0 Å². The first-order valence-corrected chi connectivity index (χ1v) is 9.18. The molecule has 8 heteroatoms. The lowest BCUT2D eigenvalue weighted by molar-refractivity contribution is -0.121. The van der Waals surface area contributed by atoms with Crippen LogP contribution in [-0.2, 0) is 11.3 Å². The topological polar surface area (TPSA) is 91.7 Å². The van der Waals surface area contributed by atoms with Gasteiger partial charge in [-0.2, -0.15) is 5.10 Å². The van der Waals surface area contributed by atoms with Gasteiger partial charge in [-0.25, -0.2) is 9.97 Å². The van der Waals surface area contributed by atoms with Gasteiger partial charge in [0, 0.05) is 50.7 Å². The Balaban J connectivity index is 1.31. The largest absolute Gasteiger partial charge is 0.360 e. The number of hydrogen-bond acceptors (Lipinski definition) is 5.